The van der Waals surface area contributed by atoms with Gasteiger partial charge < -0.3 is 14.6 Å². The summed E-state index contributed by atoms with van der Waals surface area (Å²) < 4.78 is 11.8. The number of carboxylic acid groups (broad SMARTS) is 1. The van der Waals surface area contributed by atoms with Crippen LogP contribution in [0.4, 0.5) is 0 Å². The third-order valence-electron chi connectivity index (χ3n) is 5.25. The second-order valence-corrected chi connectivity index (χ2v) is 7.83. The molecule has 1 aromatic carbocycles. The number of allylic oxidation sites excluding steroid dienone is 3. The first-order valence-corrected chi connectivity index (χ1v) is 9.66. The van der Waals surface area contributed by atoms with Crippen molar-refractivity contribution in [3.05, 3.63) is 47.1 Å². The number of aliphatic carboxylic acids is 1. The fourth-order valence-electron chi connectivity index (χ4n) is 3.38. The molecule has 4 nitrogen and oxygen atoms in total. The number of aryl methyl sites for hydroxylation is 2. The largest absolute Gasteiger partial charge is 0.497 e. The van der Waals surface area contributed by atoms with E-state index in [1.807, 2.05) is 12.1 Å². The number of fused-ring (bicyclic) bond motifs is 1. The number of benzene rings is 1. The van der Waals surface area contributed by atoms with E-state index in [9.17, 15) is 4.79 Å². The first-order chi connectivity index (χ1) is 12.7. The molecule has 27 heavy (non-hydrogen) atoms. The van der Waals surface area contributed by atoms with E-state index in [-0.39, 0.29) is 5.60 Å². The van der Waals surface area contributed by atoms with Gasteiger partial charge in [0, 0.05) is 0 Å². The Morgan fingerprint density at radius 1 is 1.44 bits per heavy atom. The zero-order valence-electron chi connectivity index (χ0n) is 17.2. The van der Waals surface area contributed by atoms with Gasteiger partial charge in [-0.1, -0.05) is 23.8 Å². The van der Waals surface area contributed by atoms with Gasteiger partial charge in [-0.05, 0) is 83.1 Å². The summed E-state index contributed by atoms with van der Waals surface area (Å²) in [6.45, 7) is 8.04. The van der Waals surface area contributed by atoms with Crippen LogP contribution >= 0.6 is 0 Å². The summed E-state index contributed by atoms with van der Waals surface area (Å²) in [7, 11) is 1.70. The van der Waals surface area contributed by atoms with Crippen molar-refractivity contribution in [3.8, 4) is 11.5 Å². The highest BCUT2D eigenvalue weighted by Crippen LogP contribution is 2.40. The SMILES string of the molecule is COc1cc(C)c2c(c1)CCC(C)(CC/C=C(\C)C/C=C/C(C)C(=O)O)O2. The van der Waals surface area contributed by atoms with E-state index >= 15 is 0 Å². The number of carboxylic acids is 1. The maximum atomic E-state index is 10.8. The fourth-order valence-corrected chi connectivity index (χ4v) is 3.38. The van der Waals surface area contributed by atoms with E-state index in [4.69, 9.17) is 14.6 Å². The monoisotopic (exact) mass is 372 g/mol. The molecule has 0 aromatic heterocycles. The molecule has 0 spiro atoms. The number of hydrogen-bond acceptors (Lipinski definition) is 3. The normalized spacial score (nSPS) is 20.9. The molecule has 2 rings (SSSR count). The maximum absolute atomic E-state index is 10.8. The third-order valence-corrected chi connectivity index (χ3v) is 5.25. The van der Waals surface area contributed by atoms with Gasteiger partial charge in [0.25, 0.3) is 0 Å². The minimum Gasteiger partial charge on any atom is -0.497 e. The molecule has 0 saturated heterocycles. The van der Waals surface area contributed by atoms with Crippen LogP contribution in [0.5, 0.6) is 11.5 Å². The van der Waals surface area contributed by atoms with E-state index in [1.165, 1.54) is 11.1 Å². The fraction of sp³-hybridized carbons (Fsp3) is 0.522. The lowest BCUT2D eigenvalue weighted by Crippen LogP contribution is -2.36. The molecule has 1 aromatic rings. The highest BCUT2D eigenvalue weighted by atomic mass is 16.5. The summed E-state index contributed by atoms with van der Waals surface area (Å²) >= 11 is 0. The van der Waals surface area contributed by atoms with Gasteiger partial charge in [0.15, 0.2) is 0 Å². The molecular formula is C23H32O4. The Morgan fingerprint density at radius 3 is 2.85 bits per heavy atom. The topological polar surface area (TPSA) is 55.8 Å². The number of rotatable bonds is 8. The van der Waals surface area contributed by atoms with Gasteiger partial charge in [0.05, 0.1) is 13.0 Å². The zero-order valence-corrected chi connectivity index (χ0v) is 17.2. The Kier molecular flexibility index (Phi) is 7.11. The lowest BCUT2D eigenvalue weighted by atomic mass is 9.87. The Labute approximate surface area is 162 Å². The summed E-state index contributed by atoms with van der Waals surface area (Å²) in [6.07, 6.45) is 10.6. The smallest absolute Gasteiger partial charge is 0.310 e. The molecule has 0 aliphatic carbocycles. The van der Waals surface area contributed by atoms with Crippen LogP contribution in [-0.2, 0) is 11.2 Å². The Hall–Kier alpha value is -2.23. The first-order valence-electron chi connectivity index (χ1n) is 9.66. The van der Waals surface area contributed by atoms with Crippen LogP contribution in [0.1, 0.15) is 57.6 Å². The van der Waals surface area contributed by atoms with Crippen LogP contribution in [0.2, 0.25) is 0 Å². The molecule has 1 N–H and O–H groups in total. The minimum atomic E-state index is -0.788. The lowest BCUT2D eigenvalue weighted by Gasteiger charge is -2.37. The van der Waals surface area contributed by atoms with Gasteiger partial charge in [0.2, 0.25) is 0 Å². The van der Waals surface area contributed by atoms with Gasteiger partial charge >= 0.3 is 5.97 Å². The second-order valence-electron chi connectivity index (χ2n) is 7.83. The molecule has 0 amide bonds. The van der Waals surface area contributed by atoms with Crippen LogP contribution in [0.3, 0.4) is 0 Å². The molecular weight excluding hydrogens is 340 g/mol. The summed E-state index contributed by atoms with van der Waals surface area (Å²) in [5.74, 6) is 0.677. The summed E-state index contributed by atoms with van der Waals surface area (Å²) in [4.78, 5) is 10.8. The van der Waals surface area contributed by atoms with Gasteiger partial charge in [-0.15, -0.1) is 0 Å². The van der Waals surface area contributed by atoms with Crippen LogP contribution in [0.25, 0.3) is 0 Å². The van der Waals surface area contributed by atoms with Crippen LogP contribution in [-0.4, -0.2) is 23.8 Å². The third kappa shape index (κ3) is 5.88. The quantitative estimate of drug-likeness (QED) is 0.614. The maximum Gasteiger partial charge on any atom is 0.310 e. The predicted molar refractivity (Wildman–Crippen MR) is 109 cm³/mol. The minimum absolute atomic E-state index is 0.156. The zero-order chi connectivity index (χ0) is 20.0. The molecule has 4 heteroatoms. The van der Waals surface area contributed by atoms with E-state index in [1.54, 1.807) is 20.1 Å². The van der Waals surface area contributed by atoms with Crippen molar-refractivity contribution in [2.24, 2.45) is 5.92 Å². The van der Waals surface area contributed by atoms with Gasteiger partial charge in [-0.2, -0.15) is 0 Å². The molecule has 0 fully saturated rings. The first kappa shape index (κ1) is 21.1. The Morgan fingerprint density at radius 2 is 2.19 bits per heavy atom. The average Bonchev–Trinajstić information content (AvgIpc) is 2.62. The van der Waals surface area contributed by atoms with E-state index in [2.05, 4.69) is 32.9 Å². The number of carbonyl (C=O) groups is 1. The van der Waals surface area contributed by atoms with Crippen molar-refractivity contribution in [1.82, 2.24) is 0 Å². The Bertz CT molecular complexity index is 732. The van der Waals surface area contributed by atoms with Gasteiger partial charge in [-0.3, -0.25) is 4.79 Å². The van der Waals surface area contributed by atoms with Crippen molar-refractivity contribution in [2.45, 2.75) is 65.4 Å². The number of methoxy groups -OCH3 is 1. The molecule has 2 atom stereocenters. The van der Waals surface area contributed by atoms with Gasteiger partial charge in [0.1, 0.15) is 17.1 Å². The molecule has 1 aliphatic heterocycles. The molecule has 0 saturated carbocycles. The number of hydrogen-bond donors (Lipinski definition) is 1. The Balaban J connectivity index is 1.91. The van der Waals surface area contributed by atoms with Crippen molar-refractivity contribution in [1.29, 1.82) is 0 Å². The molecule has 0 bridgehead atoms. The molecule has 2 unspecified atom stereocenters. The van der Waals surface area contributed by atoms with E-state index < -0.39 is 11.9 Å². The lowest BCUT2D eigenvalue weighted by molar-refractivity contribution is -0.139. The van der Waals surface area contributed by atoms with Crippen LogP contribution in [0, 0.1) is 12.8 Å². The van der Waals surface area contributed by atoms with E-state index in [0.29, 0.717) is 0 Å². The standard InChI is InChI=1S/C23H32O4/c1-16(8-6-10-17(2)22(24)25)9-7-12-23(4)13-11-19-15-20(26-5)14-18(3)21(19)27-23/h6,9-10,14-15,17H,7-8,11-13H2,1-5H3,(H,24,25)/b10-6+,16-9+. The highest BCUT2D eigenvalue weighted by Gasteiger charge is 2.32. The number of ether oxygens (including phenoxy) is 2. The second kappa shape index (κ2) is 9.12. The molecule has 148 valence electrons. The summed E-state index contributed by atoms with van der Waals surface area (Å²) in [6, 6.07) is 4.11. The van der Waals surface area contributed by atoms with Crippen molar-refractivity contribution in [3.63, 3.8) is 0 Å². The van der Waals surface area contributed by atoms with Crippen LogP contribution < -0.4 is 9.47 Å². The predicted octanol–water partition coefficient (Wildman–Crippen LogP) is 5.48. The average molecular weight is 373 g/mol. The summed E-state index contributed by atoms with van der Waals surface area (Å²) in [5, 5.41) is 8.89. The van der Waals surface area contributed by atoms with Crippen LogP contribution in [0.15, 0.2) is 35.9 Å². The van der Waals surface area contributed by atoms with Crippen molar-refractivity contribution >= 4 is 5.97 Å². The highest BCUT2D eigenvalue weighted by molar-refractivity contribution is 5.71. The molecule has 0 radical (unpaired) electrons. The molecule has 1 aliphatic rings. The van der Waals surface area contributed by atoms with Crippen molar-refractivity contribution in [2.75, 3.05) is 7.11 Å². The molecule has 1 heterocycles. The van der Waals surface area contributed by atoms with E-state index in [0.717, 1.165) is 49.2 Å². The summed E-state index contributed by atoms with van der Waals surface area (Å²) in [5.41, 5.74) is 3.45. The van der Waals surface area contributed by atoms with Gasteiger partial charge in [-0.25, -0.2) is 0 Å². The van der Waals surface area contributed by atoms with Crippen molar-refractivity contribution < 1.29 is 19.4 Å².